The lowest BCUT2D eigenvalue weighted by atomic mass is 10.1. The van der Waals surface area contributed by atoms with Gasteiger partial charge in [-0.05, 0) is 24.6 Å². The van der Waals surface area contributed by atoms with Crippen LogP contribution in [0.1, 0.15) is 16.9 Å². The largest absolute Gasteiger partial charge is 0.328 e. The number of rotatable bonds is 3. The zero-order valence-electron chi connectivity index (χ0n) is 13.8. The van der Waals surface area contributed by atoms with Crippen LogP contribution in [0.25, 0.3) is 10.9 Å². The van der Waals surface area contributed by atoms with Gasteiger partial charge in [0.2, 0.25) is 5.91 Å². The van der Waals surface area contributed by atoms with E-state index in [2.05, 4.69) is 10.2 Å². The van der Waals surface area contributed by atoms with Crippen LogP contribution in [0.15, 0.2) is 54.6 Å². The lowest BCUT2D eigenvalue weighted by molar-refractivity contribution is -0.120. The van der Waals surface area contributed by atoms with Gasteiger partial charge in [0.15, 0.2) is 5.69 Å². The van der Waals surface area contributed by atoms with Crippen LogP contribution in [0, 0.1) is 0 Å². The molecular weight excluding hydrogens is 316 g/mol. The third-order valence-electron chi connectivity index (χ3n) is 4.71. The Morgan fingerprint density at radius 3 is 2.68 bits per heavy atom. The fourth-order valence-corrected chi connectivity index (χ4v) is 3.32. The third kappa shape index (κ3) is 2.55. The Kier molecular flexibility index (Phi) is 3.72. The molecule has 2 heterocycles. The van der Waals surface area contributed by atoms with E-state index in [1.54, 1.807) is 11.9 Å². The number of H-pyrrole nitrogens is 1. The number of amides is 2. The van der Waals surface area contributed by atoms with Gasteiger partial charge in [-0.15, -0.1) is 0 Å². The second kappa shape index (κ2) is 6.05. The van der Waals surface area contributed by atoms with Crippen LogP contribution in [0.5, 0.6) is 0 Å². The number of aromatic nitrogens is 2. The van der Waals surface area contributed by atoms with Gasteiger partial charge in [0.05, 0.1) is 5.52 Å². The first-order valence-corrected chi connectivity index (χ1v) is 8.23. The van der Waals surface area contributed by atoms with Gasteiger partial charge in [-0.3, -0.25) is 14.7 Å². The topological polar surface area (TPSA) is 69.3 Å². The molecule has 1 fully saturated rings. The van der Waals surface area contributed by atoms with Gasteiger partial charge >= 0.3 is 0 Å². The van der Waals surface area contributed by atoms with Crippen molar-refractivity contribution in [2.75, 3.05) is 18.5 Å². The van der Waals surface area contributed by atoms with Gasteiger partial charge in [-0.25, -0.2) is 0 Å². The summed E-state index contributed by atoms with van der Waals surface area (Å²) in [6.07, 6.45) is 0.609. The van der Waals surface area contributed by atoms with E-state index in [1.165, 1.54) is 4.90 Å². The highest BCUT2D eigenvalue weighted by molar-refractivity contribution is 6.08. The summed E-state index contributed by atoms with van der Waals surface area (Å²) in [5, 5.41) is 7.78. The minimum absolute atomic E-state index is 0.0538. The molecule has 0 aliphatic carbocycles. The number of anilines is 1. The van der Waals surface area contributed by atoms with E-state index in [-0.39, 0.29) is 11.8 Å². The molecule has 1 aliphatic heterocycles. The maximum absolute atomic E-state index is 12.9. The van der Waals surface area contributed by atoms with Gasteiger partial charge in [-0.2, -0.15) is 5.10 Å². The summed E-state index contributed by atoms with van der Waals surface area (Å²) in [5.74, 6) is -0.299. The quantitative estimate of drug-likeness (QED) is 0.800. The lowest BCUT2D eigenvalue weighted by Gasteiger charge is -2.23. The predicted molar refractivity (Wildman–Crippen MR) is 95.4 cm³/mol. The van der Waals surface area contributed by atoms with E-state index in [1.807, 2.05) is 54.6 Å². The Balaban J connectivity index is 1.58. The number of fused-ring (bicyclic) bond motifs is 1. The fraction of sp³-hybridized carbons (Fsp3) is 0.211. The molecule has 4 rings (SSSR count). The van der Waals surface area contributed by atoms with Crippen molar-refractivity contribution in [1.82, 2.24) is 15.1 Å². The summed E-state index contributed by atoms with van der Waals surface area (Å²) in [5.41, 5.74) is 2.02. The molecule has 6 nitrogen and oxygen atoms in total. The van der Waals surface area contributed by atoms with Crippen molar-refractivity contribution in [3.63, 3.8) is 0 Å². The number of para-hydroxylation sites is 2. The molecule has 0 saturated carbocycles. The van der Waals surface area contributed by atoms with Crippen LogP contribution in [0.2, 0.25) is 0 Å². The second-order valence-corrected chi connectivity index (χ2v) is 6.16. The van der Waals surface area contributed by atoms with Crippen molar-refractivity contribution in [1.29, 1.82) is 0 Å². The van der Waals surface area contributed by atoms with Crippen molar-refractivity contribution < 1.29 is 9.59 Å². The van der Waals surface area contributed by atoms with Crippen molar-refractivity contribution >= 4 is 28.4 Å². The van der Waals surface area contributed by atoms with Crippen molar-refractivity contribution in [3.8, 4) is 0 Å². The van der Waals surface area contributed by atoms with Crippen LogP contribution >= 0.6 is 0 Å². The molecule has 2 amide bonds. The highest BCUT2D eigenvalue weighted by Crippen LogP contribution is 2.25. The Hall–Kier alpha value is -3.15. The number of carbonyl (C=O) groups excluding carboxylic acids is 2. The number of nitrogens with zero attached hydrogens (tertiary/aromatic N) is 3. The number of likely N-dealkylation sites (N-methyl/N-ethyl adjacent to an activating group) is 1. The Morgan fingerprint density at radius 2 is 1.88 bits per heavy atom. The summed E-state index contributed by atoms with van der Waals surface area (Å²) in [7, 11) is 1.67. The van der Waals surface area contributed by atoms with Gasteiger partial charge in [0, 0.05) is 24.7 Å². The molecule has 1 saturated heterocycles. The van der Waals surface area contributed by atoms with Crippen molar-refractivity contribution in [2.24, 2.45) is 0 Å². The Labute approximate surface area is 145 Å². The molecule has 3 aromatic rings. The minimum atomic E-state index is -0.469. The average molecular weight is 334 g/mol. The first-order valence-electron chi connectivity index (χ1n) is 8.23. The molecule has 0 spiro atoms. The van der Waals surface area contributed by atoms with E-state index in [0.29, 0.717) is 18.7 Å². The van der Waals surface area contributed by atoms with E-state index in [4.69, 9.17) is 0 Å². The third-order valence-corrected chi connectivity index (χ3v) is 4.71. The second-order valence-electron chi connectivity index (χ2n) is 6.16. The lowest BCUT2D eigenvalue weighted by Crippen LogP contribution is -2.43. The van der Waals surface area contributed by atoms with Crippen LogP contribution in [0.3, 0.4) is 0 Å². The molecule has 1 atom stereocenters. The Morgan fingerprint density at radius 1 is 1.16 bits per heavy atom. The number of hydrogen-bond acceptors (Lipinski definition) is 3. The van der Waals surface area contributed by atoms with Gasteiger partial charge in [0.1, 0.15) is 6.04 Å². The maximum atomic E-state index is 12.9. The molecule has 0 radical (unpaired) electrons. The van der Waals surface area contributed by atoms with E-state index >= 15 is 0 Å². The summed E-state index contributed by atoms with van der Waals surface area (Å²) < 4.78 is 0. The zero-order valence-corrected chi connectivity index (χ0v) is 13.8. The first-order chi connectivity index (χ1) is 12.2. The zero-order chi connectivity index (χ0) is 17.4. The first kappa shape index (κ1) is 15.4. The monoisotopic (exact) mass is 334 g/mol. The Bertz CT molecular complexity index is 935. The number of carbonyl (C=O) groups is 2. The molecule has 25 heavy (non-hydrogen) atoms. The fourth-order valence-electron chi connectivity index (χ4n) is 3.32. The molecule has 0 bridgehead atoms. The molecule has 0 unspecified atom stereocenters. The smallest absolute Gasteiger partial charge is 0.275 e. The number of hydrogen-bond donors (Lipinski definition) is 1. The number of benzene rings is 2. The maximum Gasteiger partial charge on any atom is 0.275 e. The summed E-state index contributed by atoms with van der Waals surface area (Å²) in [6.45, 7) is 0.604. The predicted octanol–water partition coefficient (Wildman–Crippen LogP) is 2.44. The average Bonchev–Trinajstić information content (AvgIpc) is 3.25. The van der Waals surface area contributed by atoms with Gasteiger partial charge < -0.3 is 9.80 Å². The minimum Gasteiger partial charge on any atom is -0.328 e. The molecule has 1 aliphatic rings. The highest BCUT2D eigenvalue weighted by Gasteiger charge is 2.38. The molecule has 1 aromatic heterocycles. The number of aromatic amines is 1. The van der Waals surface area contributed by atoms with E-state index < -0.39 is 6.04 Å². The summed E-state index contributed by atoms with van der Waals surface area (Å²) in [4.78, 5) is 28.9. The molecule has 1 N–H and O–H groups in total. The van der Waals surface area contributed by atoms with Crippen LogP contribution in [-0.2, 0) is 4.79 Å². The van der Waals surface area contributed by atoms with Crippen LogP contribution in [0.4, 0.5) is 5.69 Å². The highest BCUT2D eigenvalue weighted by atomic mass is 16.2. The normalized spacial score (nSPS) is 17.2. The van der Waals surface area contributed by atoms with E-state index in [9.17, 15) is 9.59 Å². The van der Waals surface area contributed by atoms with E-state index in [0.717, 1.165) is 16.6 Å². The van der Waals surface area contributed by atoms with Gasteiger partial charge in [-0.1, -0.05) is 36.4 Å². The summed E-state index contributed by atoms with van der Waals surface area (Å²) >= 11 is 0. The molecule has 6 heteroatoms. The van der Waals surface area contributed by atoms with Crippen LogP contribution in [-0.4, -0.2) is 46.5 Å². The van der Waals surface area contributed by atoms with Crippen LogP contribution < -0.4 is 4.90 Å². The molecule has 2 aromatic carbocycles. The van der Waals surface area contributed by atoms with Gasteiger partial charge in [0.25, 0.3) is 5.91 Å². The number of nitrogens with one attached hydrogen (secondary N) is 1. The molecule has 126 valence electrons. The SMILES string of the molecule is CN(C(=O)c1n[nH]c2ccccc12)[C@@H]1CCN(c2ccccc2)C1=O. The van der Waals surface area contributed by atoms with Crippen molar-refractivity contribution in [3.05, 3.63) is 60.3 Å². The summed E-state index contributed by atoms with van der Waals surface area (Å²) in [6, 6.07) is 16.5. The molecular formula is C19H18N4O2. The standard InChI is InChI=1S/C19H18N4O2/c1-22(19(25)17-14-9-5-6-10-15(14)20-21-17)16-11-12-23(18(16)24)13-7-3-2-4-8-13/h2-10,16H,11-12H2,1H3,(H,20,21)/t16-/m1/s1. The van der Waals surface area contributed by atoms with Crippen molar-refractivity contribution in [2.45, 2.75) is 12.5 Å².